The van der Waals surface area contributed by atoms with E-state index in [9.17, 15) is 9.90 Å². The molecule has 0 atom stereocenters. The molecule has 0 aliphatic heterocycles. The van der Waals surface area contributed by atoms with Crippen LogP contribution < -0.4 is 14.5 Å². The van der Waals surface area contributed by atoms with Crippen molar-refractivity contribution in [3.05, 3.63) is 77.9 Å². The van der Waals surface area contributed by atoms with Gasteiger partial charge in [-0.3, -0.25) is 0 Å². The lowest BCUT2D eigenvalue weighted by atomic mass is 9.48. The molecule has 0 unspecified atom stereocenters. The van der Waals surface area contributed by atoms with Crippen molar-refractivity contribution < 1.29 is 14.6 Å². The van der Waals surface area contributed by atoms with Crippen molar-refractivity contribution in [1.29, 1.82) is 0 Å². The third kappa shape index (κ3) is 4.14. The van der Waals surface area contributed by atoms with E-state index in [1.807, 2.05) is 30.1 Å². The van der Waals surface area contributed by atoms with Gasteiger partial charge < -0.3 is 19.6 Å². The van der Waals surface area contributed by atoms with Gasteiger partial charge in [0, 0.05) is 31.2 Å². The molecule has 4 aliphatic carbocycles. The average molecular weight is 497 g/mol. The van der Waals surface area contributed by atoms with Crippen LogP contribution in [0.5, 0.6) is 5.75 Å². The summed E-state index contributed by atoms with van der Waals surface area (Å²) in [7, 11) is 5.47. The van der Waals surface area contributed by atoms with Gasteiger partial charge in [0.05, 0.1) is 12.8 Å². The van der Waals surface area contributed by atoms with Crippen LogP contribution in [-0.2, 0) is 5.41 Å². The molecule has 192 valence electrons. The Morgan fingerprint density at radius 2 is 1.27 bits per heavy atom. The van der Waals surface area contributed by atoms with Crippen molar-refractivity contribution in [2.75, 3.05) is 31.0 Å². The molecule has 4 bridgehead atoms. The SMILES string of the molecule is COc1cccc(N(C)c2ccc(N(C)c3ccc(C45CC6CC(CC(C6)C4)C5)cc3)cc2)c1C(=O)O. The summed E-state index contributed by atoms with van der Waals surface area (Å²) in [5, 5.41) is 9.77. The summed E-state index contributed by atoms with van der Waals surface area (Å²) >= 11 is 0. The number of carbonyl (C=O) groups is 1. The second-order valence-corrected chi connectivity index (χ2v) is 11.5. The van der Waals surface area contributed by atoms with E-state index in [0.717, 1.165) is 29.1 Å². The van der Waals surface area contributed by atoms with Crippen molar-refractivity contribution >= 4 is 28.7 Å². The lowest BCUT2D eigenvalue weighted by molar-refractivity contribution is -0.00518. The van der Waals surface area contributed by atoms with Gasteiger partial charge in [0.25, 0.3) is 0 Å². The van der Waals surface area contributed by atoms with Gasteiger partial charge in [-0.15, -0.1) is 0 Å². The fourth-order valence-corrected chi connectivity index (χ4v) is 7.87. The number of nitrogens with zero attached hydrogens (tertiary/aromatic N) is 2. The monoisotopic (exact) mass is 496 g/mol. The van der Waals surface area contributed by atoms with E-state index in [4.69, 9.17) is 4.74 Å². The standard InChI is InChI=1S/C32H36N2O3/c1-33(25-9-7-24(8-10-25)32-18-21-15-22(19-32)17-23(16-21)20-32)26-11-13-27(14-12-26)34(2)28-5-4-6-29(37-3)30(28)31(35)36/h4-14,21-23H,15-20H2,1-3H3,(H,35,36). The molecule has 5 heteroatoms. The van der Waals surface area contributed by atoms with E-state index in [1.54, 1.807) is 17.7 Å². The van der Waals surface area contributed by atoms with Crippen LogP contribution >= 0.6 is 0 Å². The Hall–Kier alpha value is -3.47. The molecular weight excluding hydrogens is 460 g/mol. The molecule has 0 saturated heterocycles. The van der Waals surface area contributed by atoms with Crippen LogP contribution in [0.25, 0.3) is 0 Å². The molecule has 0 aromatic heterocycles. The molecule has 4 aliphatic rings. The first kappa shape index (κ1) is 23.9. The third-order valence-corrected chi connectivity index (χ3v) is 9.33. The number of hydrogen-bond acceptors (Lipinski definition) is 4. The molecule has 0 radical (unpaired) electrons. The molecule has 4 fully saturated rings. The van der Waals surface area contributed by atoms with Gasteiger partial charge in [0.15, 0.2) is 0 Å². The largest absolute Gasteiger partial charge is 0.496 e. The van der Waals surface area contributed by atoms with Gasteiger partial charge in [-0.1, -0.05) is 18.2 Å². The van der Waals surface area contributed by atoms with Gasteiger partial charge in [-0.05, 0) is 116 Å². The molecule has 0 spiro atoms. The number of benzene rings is 3. The third-order valence-electron chi connectivity index (χ3n) is 9.33. The van der Waals surface area contributed by atoms with Crippen LogP contribution in [0.1, 0.15) is 54.4 Å². The number of methoxy groups -OCH3 is 1. The van der Waals surface area contributed by atoms with Crippen LogP contribution in [0.4, 0.5) is 22.7 Å². The Balaban J connectivity index is 1.20. The van der Waals surface area contributed by atoms with Crippen LogP contribution in [0, 0.1) is 17.8 Å². The lowest BCUT2D eigenvalue weighted by Gasteiger charge is -2.57. The number of rotatable bonds is 7. The Kier molecular flexibility index (Phi) is 5.89. The molecule has 3 aromatic carbocycles. The molecule has 3 aromatic rings. The minimum atomic E-state index is -1.01. The summed E-state index contributed by atoms with van der Waals surface area (Å²) in [4.78, 5) is 16.0. The zero-order valence-electron chi connectivity index (χ0n) is 22.0. The van der Waals surface area contributed by atoms with Crippen molar-refractivity contribution in [2.24, 2.45) is 17.8 Å². The topological polar surface area (TPSA) is 53.0 Å². The van der Waals surface area contributed by atoms with Gasteiger partial charge in [0.2, 0.25) is 0 Å². The van der Waals surface area contributed by atoms with Crippen LogP contribution in [0.15, 0.2) is 66.7 Å². The van der Waals surface area contributed by atoms with Crippen molar-refractivity contribution in [3.8, 4) is 5.75 Å². The summed E-state index contributed by atoms with van der Waals surface area (Å²) < 4.78 is 5.29. The van der Waals surface area contributed by atoms with Gasteiger partial charge >= 0.3 is 5.97 Å². The molecule has 37 heavy (non-hydrogen) atoms. The number of ether oxygens (including phenoxy) is 1. The summed E-state index contributed by atoms with van der Waals surface area (Å²) in [6.07, 6.45) is 8.59. The number of carboxylic acids is 1. The Morgan fingerprint density at radius 1 is 0.784 bits per heavy atom. The first-order valence-corrected chi connectivity index (χ1v) is 13.5. The van der Waals surface area contributed by atoms with E-state index >= 15 is 0 Å². The first-order chi connectivity index (χ1) is 17.9. The normalized spacial score (nSPS) is 25.6. The summed E-state index contributed by atoms with van der Waals surface area (Å²) in [5.41, 5.74) is 5.89. The van der Waals surface area contributed by atoms with E-state index in [1.165, 1.54) is 51.3 Å². The van der Waals surface area contributed by atoms with Gasteiger partial charge in [-0.2, -0.15) is 0 Å². The molecule has 0 heterocycles. The fraction of sp³-hybridized carbons (Fsp3) is 0.406. The fourth-order valence-electron chi connectivity index (χ4n) is 7.87. The summed E-state index contributed by atoms with van der Waals surface area (Å²) in [6, 6.07) is 22.8. The molecular formula is C32H36N2O3. The predicted molar refractivity (Wildman–Crippen MR) is 149 cm³/mol. The summed E-state index contributed by atoms with van der Waals surface area (Å²) in [6.45, 7) is 0. The molecule has 1 N–H and O–H groups in total. The predicted octanol–water partition coefficient (Wildman–Crippen LogP) is 7.40. The summed E-state index contributed by atoms with van der Waals surface area (Å²) in [5.74, 6) is 2.20. The van der Waals surface area contributed by atoms with Crippen LogP contribution in [0.2, 0.25) is 0 Å². The van der Waals surface area contributed by atoms with E-state index in [-0.39, 0.29) is 5.56 Å². The smallest absolute Gasteiger partial charge is 0.341 e. The van der Waals surface area contributed by atoms with Crippen molar-refractivity contribution in [1.82, 2.24) is 0 Å². The molecule has 0 amide bonds. The van der Waals surface area contributed by atoms with E-state index < -0.39 is 5.97 Å². The zero-order valence-corrected chi connectivity index (χ0v) is 22.0. The minimum Gasteiger partial charge on any atom is -0.496 e. The second kappa shape index (κ2) is 9.13. The number of anilines is 4. The van der Waals surface area contributed by atoms with Gasteiger partial charge in [0.1, 0.15) is 11.3 Å². The second-order valence-electron chi connectivity index (χ2n) is 11.5. The number of carboxylic acid groups (broad SMARTS) is 1. The maximum Gasteiger partial charge on any atom is 0.341 e. The average Bonchev–Trinajstić information content (AvgIpc) is 2.91. The zero-order chi connectivity index (χ0) is 25.7. The maximum atomic E-state index is 11.9. The number of aromatic carboxylic acids is 1. The maximum absolute atomic E-state index is 11.9. The van der Waals surface area contributed by atoms with E-state index in [2.05, 4.69) is 48.3 Å². The highest BCUT2D eigenvalue weighted by molar-refractivity contribution is 5.98. The van der Waals surface area contributed by atoms with Crippen LogP contribution in [0.3, 0.4) is 0 Å². The first-order valence-electron chi connectivity index (χ1n) is 13.5. The molecule has 5 nitrogen and oxygen atoms in total. The van der Waals surface area contributed by atoms with Crippen molar-refractivity contribution in [2.45, 2.75) is 43.9 Å². The van der Waals surface area contributed by atoms with Crippen LogP contribution in [-0.4, -0.2) is 32.3 Å². The van der Waals surface area contributed by atoms with Gasteiger partial charge in [-0.25, -0.2) is 4.79 Å². The quantitative estimate of drug-likeness (QED) is 0.369. The minimum absolute atomic E-state index is 0.160. The Morgan fingerprint density at radius 3 is 1.76 bits per heavy atom. The highest BCUT2D eigenvalue weighted by Crippen LogP contribution is 2.60. The Labute approximate surface area is 219 Å². The van der Waals surface area contributed by atoms with E-state index in [0.29, 0.717) is 16.9 Å². The molecule has 4 saturated carbocycles. The van der Waals surface area contributed by atoms with Crippen molar-refractivity contribution in [3.63, 3.8) is 0 Å². The molecule has 7 rings (SSSR count). The highest BCUT2D eigenvalue weighted by Gasteiger charge is 2.51. The highest BCUT2D eigenvalue weighted by atomic mass is 16.5. The Bertz CT molecular complexity index is 1260. The lowest BCUT2D eigenvalue weighted by Crippen LogP contribution is -2.48. The number of hydrogen-bond donors (Lipinski definition) is 1.